The minimum atomic E-state index is 0.568. The topological polar surface area (TPSA) is 47.0 Å². The summed E-state index contributed by atoms with van der Waals surface area (Å²) in [4.78, 5) is 8.70. The van der Waals surface area contributed by atoms with Crippen LogP contribution in [-0.2, 0) is 0 Å². The van der Waals surface area contributed by atoms with Crippen molar-refractivity contribution in [3.8, 4) is 11.6 Å². The quantitative estimate of drug-likeness (QED) is 0.778. The maximum atomic E-state index is 5.78. The molecule has 3 aromatic rings. The number of nitrogens with one attached hydrogen (secondary N) is 1. The smallest absolute Gasteiger partial charge is 0.221 e. The first-order valence-corrected chi connectivity index (χ1v) is 6.59. The minimum Gasteiger partial charge on any atom is -0.439 e. The molecule has 3 rings (SSSR count). The molecule has 20 heavy (non-hydrogen) atoms. The molecule has 2 heterocycles. The molecule has 0 fully saturated rings. The van der Waals surface area contributed by atoms with E-state index in [1.165, 1.54) is 0 Å². The molecule has 0 bridgehead atoms. The molecule has 1 N–H and O–H groups in total. The van der Waals surface area contributed by atoms with Crippen LogP contribution < -0.4 is 10.1 Å². The molecule has 0 aliphatic rings. The summed E-state index contributed by atoms with van der Waals surface area (Å²) in [6.07, 6.45) is 1.77. The number of fused-ring (bicyclic) bond motifs is 1. The number of hydrogen-bond acceptors (Lipinski definition) is 4. The van der Waals surface area contributed by atoms with Crippen LogP contribution in [0, 0.1) is 0 Å². The highest BCUT2D eigenvalue weighted by atomic mass is 16.5. The van der Waals surface area contributed by atoms with Gasteiger partial charge in [0, 0.05) is 30.3 Å². The highest BCUT2D eigenvalue weighted by Crippen LogP contribution is 2.24. The lowest BCUT2D eigenvalue weighted by molar-refractivity contribution is 0.464. The lowest BCUT2D eigenvalue weighted by Gasteiger charge is -2.07. The highest BCUT2D eigenvalue weighted by Gasteiger charge is 2.02. The van der Waals surface area contributed by atoms with Gasteiger partial charge >= 0.3 is 0 Å². The Balaban J connectivity index is 1.87. The van der Waals surface area contributed by atoms with Gasteiger partial charge in [-0.05, 0) is 31.2 Å². The van der Waals surface area contributed by atoms with Gasteiger partial charge in [0.15, 0.2) is 0 Å². The molecule has 0 aliphatic carbocycles. The second-order valence-electron chi connectivity index (χ2n) is 4.35. The zero-order chi connectivity index (χ0) is 13.8. The zero-order valence-corrected chi connectivity index (χ0v) is 11.2. The molecular formula is C16H15N3O. The summed E-state index contributed by atoms with van der Waals surface area (Å²) < 4.78 is 5.78. The Morgan fingerprint density at radius 2 is 2.05 bits per heavy atom. The summed E-state index contributed by atoms with van der Waals surface area (Å²) in [7, 11) is 0. The van der Waals surface area contributed by atoms with Crippen molar-refractivity contribution in [2.75, 3.05) is 11.9 Å². The van der Waals surface area contributed by atoms with E-state index in [1.807, 2.05) is 55.5 Å². The van der Waals surface area contributed by atoms with Gasteiger partial charge in [0.1, 0.15) is 11.6 Å². The van der Waals surface area contributed by atoms with E-state index in [1.54, 1.807) is 6.20 Å². The minimum absolute atomic E-state index is 0.568. The first-order chi connectivity index (χ1) is 9.85. The maximum absolute atomic E-state index is 5.78. The Morgan fingerprint density at radius 3 is 2.95 bits per heavy atom. The molecule has 0 saturated carbocycles. The van der Waals surface area contributed by atoms with Gasteiger partial charge < -0.3 is 10.1 Å². The lowest BCUT2D eigenvalue weighted by Crippen LogP contribution is -1.99. The van der Waals surface area contributed by atoms with Gasteiger partial charge in [0.2, 0.25) is 5.88 Å². The Morgan fingerprint density at radius 1 is 1.10 bits per heavy atom. The van der Waals surface area contributed by atoms with Crippen molar-refractivity contribution in [3.63, 3.8) is 0 Å². The van der Waals surface area contributed by atoms with Crippen LogP contribution in [-0.4, -0.2) is 16.5 Å². The van der Waals surface area contributed by atoms with Crippen LogP contribution in [0.2, 0.25) is 0 Å². The van der Waals surface area contributed by atoms with E-state index in [4.69, 9.17) is 4.74 Å². The number of aromatic nitrogens is 2. The van der Waals surface area contributed by atoms with Crippen molar-refractivity contribution in [3.05, 3.63) is 54.7 Å². The largest absolute Gasteiger partial charge is 0.439 e. The van der Waals surface area contributed by atoms with Crippen molar-refractivity contribution in [2.45, 2.75) is 6.92 Å². The normalized spacial score (nSPS) is 10.4. The summed E-state index contributed by atoms with van der Waals surface area (Å²) >= 11 is 0. The summed E-state index contributed by atoms with van der Waals surface area (Å²) in [5.41, 5.74) is 0.910. The summed E-state index contributed by atoms with van der Waals surface area (Å²) in [6, 6.07) is 15.4. The second kappa shape index (κ2) is 5.57. The van der Waals surface area contributed by atoms with Crippen molar-refractivity contribution in [2.24, 2.45) is 0 Å². The number of nitrogens with zero attached hydrogens (tertiary/aromatic N) is 2. The monoisotopic (exact) mass is 265 g/mol. The standard InChI is InChI=1S/C16H15N3O/c1-2-17-15-6-3-7-16(19-15)20-13-9-8-12-5-4-10-18-14(12)11-13/h3-11H,2H2,1H3,(H,17,19). The average Bonchev–Trinajstić information content (AvgIpc) is 2.48. The van der Waals surface area contributed by atoms with E-state index in [-0.39, 0.29) is 0 Å². The van der Waals surface area contributed by atoms with Crippen molar-refractivity contribution >= 4 is 16.7 Å². The predicted octanol–water partition coefficient (Wildman–Crippen LogP) is 3.85. The van der Waals surface area contributed by atoms with E-state index < -0.39 is 0 Å². The Hall–Kier alpha value is -2.62. The molecule has 0 atom stereocenters. The van der Waals surface area contributed by atoms with Crippen LogP contribution in [0.4, 0.5) is 5.82 Å². The molecule has 0 amide bonds. The molecule has 0 spiro atoms. The van der Waals surface area contributed by atoms with Crippen LogP contribution in [0.25, 0.3) is 10.9 Å². The van der Waals surface area contributed by atoms with E-state index in [2.05, 4.69) is 15.3 Å². The van der Waals surface area contributed by atoms with E-state index in [9.17, 15) is 0 Å². The first kappa shape index (κ1) is 12.4. The van der Waals surface area contributed by atoms with Crippen LogP contribution >= 0.6 is 0 Å². The molecule has 0 saturated heterocycles. The van der Waals surface area contributed by atoms with Gasteiger partial charge in [-0.3, -0.25) is 4.98 Å². The van der Waals surface area contributed by atoms with Crippen molar-refractivity contribution < 1.29 is 4.74 Å². The van der Waals surface area contributed by atoms with Gasteiger partial charge in [0.05, 0.1) is 5.52 Å². The Labute approximate surface area is 117 Å². The fourth-order valence-electron chi connectivity index (χ4n) is 1.98. The van der Waals surface area contributed by atoms with Gasteiger partial charge in [-0.25, -0.2) is 0 Å². The zero-order valence-electron chi connectivity index (χ0n) is 11.2. The van der Waals surface area contributed by atoms with E-state index in [0.29, 0.717) is 5.88 Å². The number of benzene rings is 1. The predicted molar refractivity (Wildman–Crippen MR) is 80.2 cm³/mol. The number of rotatable bonds is 4. The summed E-state index contributed by atoms with van der Waals surface area (Å²) in [5.74, 6) is 2.11. The van der Waals surface area contributed by atoms with Crippen molar-refractivity contribution in [1.29, 1.82) is 0 Å². The van der Waals surface area contributed by atoms with Gasteiger partial charge in [0.25, 0.3) is 0 Å². The fourth-order valence-corrected chi connectivity index (χ4v) is 1.98. The summed E-state index contributed by atoms with van der Waals surface area (Å²) in [5, 5.41) is 4.25. The summed E-state index contributed by atoms with van der Waals surface area (Å²) in [6.45, 7) is 2.86. The molecule has 100 valence electrons. The van der Waals surface area contributed by atoms with E-state index in [0.717, 1.165) is 29.0 Å². The number of hydrogen-bond donors (Lipinski definition) is 1. The number of pyridine rings is 2. The number of anilines is 1. The van der Waals surface area contributed by atoms with Crippen molar-refractivity contribution in [1.82, 2.24) is 9.97 Å². The van der Waals surface area contributed by atoms with Gasteiger partial charge in [-0.15, -0.1) is 0 Å². The third-order valence-corrected chi connectivity index (χ3v) is 2.88. The van der Waals surface area contributed by atoms with Crippen LogP contribution in [0.3, 0.4) is 0 Å². The lowest BCUT2D eigenvalue weighted by atomic mass is 10.2. The molecular weight excluding hydrogens is 250 g/mol. The first-order valence-electron chi connectivity index (χ1n) is 6.59. The van der Waals surface area contributed by atoms with Gasteiger partial charge in [-0.2, -0.15) is 4.98 Å². The molecule has 4 nitrogen and oxygen atoms in total. The molecule has 2 aromatic heterocycles. The molecule has 4 heteroatoms. The Kier molecular flexibility index (Phi) is 3.46. The fraction of sp³-hybridized carbons (Fsp3) is 0.125. The average molecular weight is 265 g/mol. The third-order valence-electron chi connectivity index (χ3n) is 2.88. The SMILES string of the molecule is CCNc1cccc(Oc2ccc3cccnc3c2)n1. The second-order valence-corrected chi connectivity index (χ2v) is 4.35. The molecule has 0 radical (unpaired) electrons. The molecule has 0 unspecified atom stereocenters. The van der Waals surface area contributed by atoms with Crippen LogP contribution in [0.15, 0.2) is 54.7 Å². The van der Waals surface area contributed by atoms with E-state index >= 15 is 0 Å². The molecule has 1 aromatic carbocycles. The molecule has 0 aliphatic heterocycles. The van der Waals surface area contributed by atoms with Gasteiger partial charge in [-0.1, -0.05) is 12.1 Å². The van der Waals surface area contributed by atoms with Crippen LogP contribution in [0.5, 0.6) is 11.6 Å². The number of ether oxygens (including phenoxy) is 1. The highest BCUT2D eigenvalue weighted by molar-refractivity contribution is 5.79. The maximum Gasteiger partial charge on any atom is 0.221 e. The third kappa shape index (κ3) is 2.69. The van der Waals surface area contributed by atoms with Crippen LogP contribution in [0.1, 0.15) is 6.92 Å². The Bertz CT molecular complexity index is 727.